The van der Waals surface area contributed by atoms with Crippen molar-refractivity contribution in [1.29, 1.82) is 0 Å². The molecule has 9 heteroatoms. The molecule has 1 N–H and O–H groups in total. The summed E-state index contributed by atoms with van der Waals surface area (Å²) in [4.78, 5) is 23.0. The van der Waals surface area contributed by atoms with E-state index in [2.05, 4.69) is 86.8 Å². The standard InChI is InChI=1S/C52H94NO7P/c1-6-8-10-12-14-16-18-20-22-24-26-28-30-32-34-36-38-40-42-44-47-57-49-51(50-59-61(55,56)58-48-46-53(3,4)5)60-52(54)45-43-41-39-37-35-33-31-29-27-25-23-21-19-17-15-13-11-9-7-2/h9,11,14-17,20-23,27,29,51H,6-8,10,12-13,18-19,24-26,28,30-50H2,1-5H3/p+1/b11-9-,16-14-,17-15-,22-20-,23-21-,29-27-. The SMILES string of the molecule is CC/C=C\C/C=C\C/C=C\C/C=C\CCCCCCCCC(=O)OC(COCCCCCCCCCCCC/C=C\C/C=C\CCCCC)COP(=O)(O)OCC[N+](C)(C)C. The number of hydrogen-bond donors (Lipinski definition) is 1. The molecule has 0 saturated heterocycles. The van der Waals surface area contributed by atoms with Crippen molar-refractivity contribution < 1.29 is 37.3 Å². The number of unbranched alkanes of at least 4 members (excludes halogenated alkanes) is 19. The molecular formula is C52H95NO7P+. The van der Waals surface area contributed by atoms with Gasteiger partial charge in [-0.1, -0.05) is 177 Å². The Morgan fingerprint density at radius 1 is 0.525 bits per heavy atom. The van der Waals surface area contributed by atoms with Crippen molar-refractivity contribution >= 4 is 13.8 Å². The number of carbonyl (C=O) groups excluding carboxylic acids is 1. The number of rotatable bonds is 45. The summed E-state index contributed by atoms with van der Waals surface area (Å²) in [6.07, 6.45) is 57.9. The molecule has 0 fully saturated rings. The summed E-state index contributed by atoms with van der Waals surface area (Å²) in [5.41, 5.74) is 0. The molecule has 0 aliphatic carbocycles. The number of nitrogens with zero attached hydrogens (tertiary/aromatic N) is 1. The number of phosphoric acid groups is 1. The Morgan fingerprint density at radius 3 is 1.43 bits per heavy atom. The van der Waals surface area contributed by atoms with Gasteiger partial charge in [-0.25, -0.2) is 4.57 Å². The Labute approximate surface area is 376 Å². The van der Waals surface area contributed by atoms with E-state index in [1.807, 2.05) is 21.1 Å². The third kappa shape index (κ3) is 48.8. The van der Waals surface area contributed by atoms with Crippen molar-refractivity contribution in [2.45, 2.75) is 200 Å². The molecule has 0 aromatic carbocycles. The van der Waals surface area contributed by atoms with Crippen molar-refractivity contribution in [3.8, 4) is 0 Å². The van der Waals surface area contributed by atoms with Crippen molar-refractivity contribution in [2.24, 2.45) is 0 Å². The quantitative estimate of drug-likeness (QED) is 0.0214. The summed E-state index contributed by atoms with van der Waals surface area (Å²) in [7, 11) is 1.65. The molecule has 0 aliphatic rings. The van der Waals surface area contributed by atoms with E-state index >= 15 is 0 Å². The van der Waals surface area contributed by atoms with Crippen molar-refractivity contribution in [3.05, 3.63) is 72.9 Å². The maximum Gasteiger partial charge on any atom is 0.472 e. The van der Waals surface area contributed by atoms with Crippen LogP contribution in [0.15, 0.2) is 72.9 Å². The second-order valence-corrected chi connectivity index (χ2v) is 18.9. The largest absolute Gasteiger partial charge is 0.472 e. The predicted molar refractivity (Wildman–Crippen MR) is 261 cm³/mol. The molecule has 0 radical (unpaired) electrons. The van der Waals surface area contributed by atoms with Crippen LogP contribution in [0, 0.1) is 0 Å². The number of carbonyl (C=O) groups is 1. The van der Waals surface area contributed by atoms with Gasteiger partial charge < -0.3 is 18.9 Å². The van der Waals surface area contributed by atoms with Gasteiger partial charge in [0.1, 0.15) is 19.3 Å². The first-order valence-corrected chi connectivity index (χ1v) is 26.2. The van der Waals surface area contributed by atoms with Crippen LogP contribution in [0.2, 0.25) is 0 Å². The summed E-state index contributed by atoms with van der Waals surface area (Å²) in [6, 6.07) is 0. The fraction of sp³-hybridized carbons (Fsp3) is 0.750. The van der Waals surface area contributed by atoms with E-state index in [0.717, 1.165) is 77.0 Å². The van der Waals surface area contributed by atoms with E-state index in [1.54, 1.807) is 0 Å². The van der Waals surface area contributed by atoms with Gasteiger partial charge in [-0.15, -0.1) is 0 Å². The molecule has 0 saturated carbocycles. The first-order valence-electron chi connectivity index (χ1n) is 24.7. The number of esters is 1. The van der Waals surface area contributed by atoms with Gasteiger partial charge in [0.2, 0.25) is 0 Å². The fourth-order valence-corrected chi connectivity index (χ4v) is 7.20. The number of ether oxygens (including phenoxy) is 2. The maximum atomic E-state index is 12.7. The highest BCUT2D eigenvalue weighted by molar-refractivity contribution is 7.47. The predicted octanol–water partition coefficient (Wildman–Crippen LogP) is 15.1. The van der Waals surface area contributed by atoms with Crippen molar-refractivity contribution in [1.82, 2.24) is 0 Å². The fourth-order valence-electron chi connectivity index (χ4n) is 6.46. The molecule has 8 nitrogen and oxygen atoms in total. The summed E-state index contributed by atoms with van der Waals surface area (Å²) in [5, 5.41) is 0. The summed E-state index contributed by atoms with van der Waals surface area (Å²) in [6.45, 7) is 5.46. The second kappa shape index (κ2) is 44.5. The normalized spacial score (nSPS) is 14.3. The number of allylic oxidation sites excluding steroid dienone is 12. The molecule has 2 unspecified atom stereocenters. The van der Waals surface area contributed by atoms with Crippen LogP contribution in [-0.2, 0) is 27.9 Å². The summed E-state index contributed by atoms with van der Waals surface area (Å²) in [5.74, 6) is -0.330. The number of phosphoric ester groups is 1. The summed E-state index contributed by atoms with van der Waals surface area (Å²) < 4.78 is 35.1. The average molecular weight is 877 g/mol. The third-order valence-corrected chi connectivity index (χ3v) is 11.2. The molecule has 61 heavy (non-hydrogen) atoms. The smallest absolute Gasteiger partial charge is 0.457 e. The van der Waals surface area contributed by atoms with Crippen LogP contribution in [0.4, 0.5) is 0 Å². The van der Waals surface area contributed by atoms with E-state index in [-0.39, 0.29) is 25.8 Å². The number of quaternary nitrogens is 1. The van der Waals surface area contributed by atoms with Crippen molar-refractivity contribution in [2.75, 3.05) is 54.1 Å². The minimum absolute atomic E-state index is 0.0816. The Balaban J connectivity index is 4.21. The molecule has 354 valence electrons. The Morgan fingerprint density at radius 2 is 0.951 bits per heavy atom. The maximum absolute atomic E-state index is 12.7. The van der Waals surface area contributed by atoms with Crippen LogP contribution in [-0.4, -0.2) is 75.6 Å². The van der Waals surface area contributed by atoms with Crippen LogP contribution in [0.25, 0.3) is 0 Å². The molecular weight excluding hydrogens is 782 g/mol. The van der Waals surface area contributed by atoms with Gasteiger partial charge in [0.15, 0.2) is 0 Å². The van der Waals surface area contributed by atoms with Crippen LogP contribution in [0.1, 0.15) is 194 Å². The first-order chi connectivity index (χ1) is 29.6. The number of hydrogen-bond acceptors (Lipinski definition) is 6. The van der Waals surface area contributed by atoms with Gasteiger partial charge in [-0.2, -0.15) is 0 Å². The van der Waals surface area contributed by atoms with Crippen LogP contribution >= 0.6 is 7.82 Å². The van der Waals surface area contributed by atoms with Crippen LogP contribution in [0.5, 0.6) is 0 Å². The zero-order valence-electron chi connectivity index (χ0n) is 40.1. The van der Waals surface area contributed by atoms with Gasteiger partial charge in [0.05, 0.1) is 34.4 Å². The zero-order chi connectivity index (χ0) is 44.8. The molecule has 0 spiro atoms. The van der Waals surface area contributed by atoms with E-state index in [1.165, 1.54) is 96.3 Å². The minimum Gasteiger partial charge on any atom is -0.457 e. The third-order valence-electron chi connectivity index (χ3n) is 10.3. The summed E-state index contributed by atoms with van der Waals surface area (Å²) >= 11 is 0. The van der Waals surface area contributed by atoms with E-state index in [0.29, 0.717) is 24.1 Å². The van der Waals surface area contributed by atoms with Gasteiger partial charge in [0.25, 0.3) is 0 Å². The molecule has 0 aromatic heterocycles. The minimum atomic E-state index is -4.29. The lowest BCUT2D eigenvalue weighted by Gasteiger charge is -2.24. The van der Waals surface area contributed by atoms with Gasteiger partial charge in [-0.05, 0) is 83.5 Å². The van der Waals surface area contributed by atoms with Gasteiger partial charge >= 0.3 is 13.8 Å². The topological polar surface area (TPSA) is 91.3 Å². The lowest BCUT2D eigenvalue weighted by Crippen LogP contribution is -2.37. The zero-order valence-corrected chi connectivity index (χ0v) is 41.0. The molecule has 0 aromatic rings. The molecule has 0 heterocycles. The lowest BCUT2D eigenvalue weighted by atomic mass is 10.1. The molecule has 0 amide bonds. The monoisotopic (exact) mass is 877 g/mol. The van der Waals surface area contributed by atoms with E-state index in [9.17, 15) is 14.3 Å². The van der Waals surface area contributed by atoms with Crippen molar-refractivity contribution in [3.63, 3.8) is 0 Å². The molecule has 0 rings (SSSR count). The average Bonchev–Trinajstić information content (AvgIpc) is 3.22. The van der Waals surface area contributed by atoms with Crippen LogP contribution < -0.4 is 0 Å². The number of likely N-dealkylation sites (N-methyl/N-ethyl adjacent to an activating group) is 1. The van der Waals surface area contributed by atoms with E-state index in [4.69, 9.17) is 18.5 Å². The molecule has 2 atom stereocenters. The highest BCUT2D eigenvalue weighted by atomic mass is 31.2. The van der Waals surface area contributed by atoms with Gasteiger partial charge in [0, 0.05) is 13.0 Å². The Hall–Kier alpha value is -2.06. The second-order valence-electron chi connectivity index (χ2n) is 17.5. The van der Waals surface area contributed by atoms with E-state index < -0.39 is 13.9 Å². The molecule has 0 aliphatic heterocycles. The Kier molecular flexibility index (Phi) is 43.0. The first kappa shape index (κ1) is 58.9. The highest BCUT2D eigenvalue weighted by Crippen LogP contribution is 2.43. The lowest BCUT2D eigenvalue weighted by molar-refractivity contribution is -0.870. The Bertz CT molecular complexity index is 1200. The highest BCUT2D eigenvalue weighted by Gasteiger charge is 2.26. The molecule has 0 bridgehead atoms. The van der Waals surface area contributed by atoms with Crippen LogP contribution in [0.3, 0.4) is 0 Å². The van der Waals surface area contributed by atoms with Gasteiger partial charge in [-0.3, -0.25) is 13.8 Å².